The molecule has 1 N–H and O–H groups in total. The van der Waals surface area contributed by atoms with Crippen LogP contribution in [-0.2, 0) is 14.8 Å². The van der Waals surface area contributed by atoms with Crippen molar-refractivity contribution in [2.24, 2.45) is 5.92 Å². The summed E-state index contributed by atoms with van der Waals surface area (Å²) >= 11 is 0.412. The molecule has 0 spiro atoms. The third-order valence-corrected chi connectivity index (χ3v) is 7.94. The number of nitro benzene ring substituents is 1. The zero-order valence-electron chi connectivity index (χ0n) is 17.0. The molecule has 1 fully saturated rings. The molecule has 0 bridgehead atoms. The van der Waals surface area contributed by atoms with Gasteiger partial charge in [-0.2, -0.15) is 13.1 Å². The van der Waals surface area contributed by atoms with Gasteiger partial charge in [0.2, 0.25) is 15.9 Å². The van der Waals surface area contributed by atoms with E-state index in [9.17, 15) is 32.1 Å². The lowest BCUT2D eigenvalue weighted by Crippen LogP contribution is -2.41. The molecule has 0 radical (unpaired) electrons. The van der Waals surface area contributed by atoms with Crippen molar-refractivity contribution in [1.29, 1.82) is 0 Å². The zero-order valence-corrected chi connectivity index (χ0v) is 18.7. The Morgan fingerprint density at radius 2 is 1.81 bits per heavy atom. The summed E-state index contributed by atoms with van der Waals surface area (Å²) in [5.41, 5.74) is 0.571. The molecule has 1 amide bonds. The number of alkyl halides is 2. The molecule has 2 aromatic rings. The quantitative estimate of drug-likeness (QED) is 0.357. The van der Waals surface area contributed by atoms with Crippen molar-refractivity contribution in [3.8, 4) is 0 Å². The molecular formula is C20H21F2N3O5S2. The molecule has 32 heavy (non-hydrogen) atoms. The highest BCUT2D eigenvalue weighted by Gasteiger charge is 2.33. The molecule has 2 aromatic carbocycles. The highest BCUT2D eigenvalue weighted by Crippen LogP contribution is 2.29. The number of rotatable bonds is 7. The number of aryl methyl sites for hydroxylation is 1. The summed E-state index contributed by atoms with van der Waals surface area (Å²) in [6.07, 6.45) is 0.580. The van der Waals surface area contributed by atoms with Crippen LogP contribution in [0.2, 0.25) is 0 Å². The van der Waals surface area contributed by atoms with Crippen molar-refractivity contribution in [1.82, 2.24) is 4.31 Å². The summed E-state index contributed by atoms with van der Waals surface area (Å²) in [4.78, 5) is 23.2. The van der Waals surface area contributed by atoms with Gasteiger partial charge in [-0.05, 0) is 49.6 Å². The fraction of sp³-hybridized carbons (Fsp3) is 0.350. The number of benzene rings is 2. The number of hydrogen-bond donors (Lipinski definition) is 1. The highest BCUT2D eigenvalue weighted by molar-refractivity contribution is 7.99. The number of hydrogen-bond acceptors (Lipinski definition) is 6. The van der Waals surface area contributed by atoms with Crippen molar-refractivity contribution < 1.29 is 26.9 Å². The van der Waals surface area contributed by atoms with Crippen molar-refractivity contribution >= 4 is 39.1 Å². The fourth-order valence-electron chi connectivity index (χ4n) is 3.44. The molecule has 1 heterocycles. The summed E-state index contributed by atoms with van der Waals surface area (Å²) in [5.74, 6) is -3.21. The van der Waals surface area contributed by atoms with Crippen LogP contribution >= 0.6 is 11.8 Å². The molecule has 12 heteroatoms. The molecule has 0 atom stereocenters. The smallest absolute Gasteiger partial charge is 0.288 e. The summed E-state index contributed by atoms with van der Waals surface area (Å²) in [5, 5.41) is 13.7. The van der Waals surface area contributed by atoms with E-state index in [-0.39, 0.29) is 29.6 Å². The number of non-ortho nitro benzene ring substituents is 1. The maximum absolute atomic E-state index is 13.0. The van der Waals surface area contributed by atoms with Crippen molar-refractivity contribution in [3.63, 3.8) is 0 Å². The molecule has 1 aliphatic rings. The number of thioether (sulfide) groups is 1. The lowest BCUT2D eigenvalue weighted by atomic mass is 9.97. The van der Waals surface area contributed by atoms with E-state index >= 15 is 0 Å². The van der Waals surface area contributed by atoms with Crippen LogP contribution in [0.5, 0.6) is 0 Å². The number of nitrogens with zero attached hydrogens (tertiary/aromatic N) is 2. The minimum absolute atomic E-state index is 0.104. The van der Waals surface area contributed by atoms with Gasteiger partial charge in [0.1, 0.15) is 0 Å². The minimum atomic E-state index is -3.94. The van der Waals surface area contributed by atoms with Gasteiger partial charge in [-0.1, -0.05) is 17.8 Å². The molecule has 0 saturated carbocycles. The van der Waals surface area contributed by atoms with E-state index in [0.29, 0.717) is 40.7 Å². The van der Waals surface area contributed by atoms with E-state index < -0.39 is 26.6 Å². The Labute approximate surface area is 188 Å². The molecule has 1 aliphatic heterocycles. The zero-order chi connectivity index (χ0) is 23.5. The first-order chi connectivity index (χ1) is 15.1. The normalized spacial score (nSPS) is 15.6. The predicted molar refractivity (Wildman–Crippen MR) is 116 cm³/mol. The lowest BCUT2D eigenvalue weighted by Gasteiger charge is -2.30. The standard InChI is InChI=1S/C20H21F2N3O5S2/c1-13-2-5-16(25(27)28)12-18(13)32(29,30)24-10-8-14(9-11-24)19(26)23-15-3-6-17(7-4-15)31-20(21)22/h2-7,12,14,20H,8-11H2,1H3,(H,23,26). The Hall–Kier alpha value is -2.57. The average molecular weight is 486 g/mol. The lowest BCUT2D eigenvalue weighted by molar-refractivity contribution is -0.385. The maximum Gasteiger partial charge on any atom is 0.288 e. The second kappa shape index (κ2) is 9.92. The van der Waals surface area contributed by atoms with Crippen LogP contribution in [0.4, 0.5) is 20.2 Å². The van der Waals surface area contributed by atoms with Crippen molar-refractivity contribution in [2.45, 2.75) is 35.3 Å². The van der Waals surface area contributed by atoms with Gasteiger partial charge in [-0.3, -0.25) is 14.9 Å². The van der Waals surface area contributed by atoms with Gasteiger partial charge >= 0.3 is 0 Å². The van der Waals surface area contributed by atoms with E-state index in [0.717, 1.165) is 6.07 Å². The molecule has 0 unspecified atom stereocenters. The topological polar surface area (TPSA) is 110 Å². The number of amides is 1. The van der Waals surface area contributed by atoms with Crippen LogP contribution in [-0.4, -0.2) is 42.4 Å². The van der Waals surface area contributed by atoms with Crippen LogP contribution in [0.15, 0.2) is 52.3 Å². The molecule has 0 aromatic heterocycles. The van der Waals surface area contributed by atoms with Crippen LogP contribution in [0, 0.1) is 23.0 Å². The summed E-state index contributed by atoms with van der Waals surface area (Å²) in [7, 11) is -3.94. The van der Waals surface area contributed by atoms with Gasteiger partial charge in [0.15, 0.2) is 0 Å². The second-order valence-electron chi connectivity index (χ2n) is 7.28. The Balaban J connectivity index is 1.62. The van der Waals surface area contributed by atoms with Crippen molar-refractivity contribution in [3.05, 3.63) is 58.1 Å². The molecule has 0 aliphatic carbocycles. The molecular weight excluding hydrogens is 464 g/mol. The van der Waals surface area contributed by atoms with E-state index in [4.69, 9.17) is 0 Å². The Kier molecular flexibility index (Phi) is 7.47. The van der Waals surface area contributed by atoms with Crippen LogP contribution in [0.1, 0.15) is 18.4 Å². The molecule has 3 rings (SSSR count). The van der Waals surface area contributed by atoms with Gasteiger partial charge in [0.25, 0.3) is 11.4 Å². The van der Waals surface area contributed by atoms with E-state index in [1.54, 1.807) is 6.92 Å². The number of anilines is 1. The third kappa shape index (κ3) is 5.61. The Bertz CT molecular complexity index is 1100. The monoisotopic (exact) mass is 485 g/mol. The van der Waals surface area contributed by atoms with Gasteiger partial charge < -0.3 is 5.32 Å². The second-order valence-corrected chi connectivity index (χ2v) is 10.2. The van der Waals surface area contributed by atoms with Gasteiger partial charge in [-0.25, -0.2) is 8.42 Å². The number of sulfonamides is 1. The van der Waals surface area contributed by atoms with E-state index in [2.05, 4.69) is 5.32 Å². The fourth-order valence-corrected chi connectivity index (χ4v) is 5.65. The minimum Gasteiger partial charge on any atom is -0.326 e. The van der Waals surface area contributed by atoms with Crippen LogP contribution in [0.3, 0.4) is 0 Å². The number of carbonyl (C=O) groups excluding carboxylic acids is 1. The third-order valence-electron chi connectivity index (χ3n) is 5.17. The number of nitro groups is 1. The van der Waals surface area contributed by atoms with Crippen LogP contribution in [0.25, 0.3) is 0 Å². The molecule has 8 nitrogen and oxygen atoms in total. The number of piperidine rings is 1. The Morgan fingerprint density at radius 3 is 2.38 bits per heavy atom. The average Bonchev–Trinajstić information content (AvgIpc) is 2.75. The van der Waals surface area contributed by atoms with E-state index in [1.165, 1.54) is 40.7 Å². The predicted octanol–water partition coefficient (Wildman–Crippen LogP) is 4.26. The van der Waals surface area contributed by atoms with Crippen molar-refractivity contribution in [2.75, 3.05) is 18.4 Å². The first kappa shape index (κ1) is 24.1. The highest BCUT2D eigenvalue weighted by atomic mass is 32.2. The summed E-state index contributed by atoms with van der Waals surface area (Å²) < 4.78 is 52.0. The first-order valence-electron chi connectivity index (χ1n) is 9.69. The SMILES string of the molecule is Cc1ccc([N+](=O)[O-])cc1S(=O)(=O)N1CCC(C(=O)Nc2ccc(SC(F)F)cc2)CC1. The number of carbonyl (C=O) groups is 1. The van der Waals surface area contributed by atoms with Gasteiger partial charge in [0.05, 0.1) is 9.82 Å². The largest absolute Gasteiger partial charge is 0.326 e. The number of nitrogens with one attached hydrogen (secondary N) is 1. The maximum atomic E-state index is 13.0. The van der Waals surface area contributed by atoms with Crippen LogP contribution < -0.4 is 5.32 Å². The van der Waals surface area contributed by atoms with Gasteiger partial charge in [-0.15, -0.1) is 0 Å². The Morgan fingerprint density at radius 1 is 1.19 bits per heavy atom. The first-order valence-corrected chi connectivity index (χ1v) is 12.0. The van der Waals surface area contributed by atoms with E-state index in [1.807, 2.05) is 0 Å². The molecule has 1 saturated heterocycles. The number of halogens is 2. The molecule has 172 valence electrons. The summed E-state index contributed by atoms with van der Waals surface area (Å²) in [6.45, 7) is 1.78. The summed E-state index contributed by atoms with van der Waals surface area (Å²) in [6, 6.07) is 9.76. The van der Waals surface area contributed by atoms with Gasteiger partial charge in [0, 0.05) is 41.7 Å².